The molecule has 32 heavy (non-hydrogen) atoms. The minimum atomic E-state index is -0.136. The molecule has 2 aromatic carbocycles. The fraction of sp³-hybridized carbons (Fsp3) is 0.0909. The molecule has 0 aliphatic heterocycles. The van der Waals surface area contributed by atoms with Crippen molar-refractivity contribution in [2.24, 2.45) is 10.2 Å². The molecule has 4 rings (SSSR count). The highest BCUT2D eigenvalue weighted by atomic mass is 32.1. The normalized spacial score (nSPS) is 12.2. The smallest absolute Gasteiger partial charge is 0.128 e. The Balaban J connectivity index is 1.80. The molecule has 4 aromatic rings. The third-order valence-corrected chi connectivity index (χ3v) is 5.81. The second kappa shape index (κ2) is 9.58. The first-order valence-corrected chi connectivity index (χ1v) is 11.3. The first-order chi connectivity index (χ1) is 15.5. The van der Waals surface area contributed by atoms with Crippen LogP contribution in [0.25, 0.3) is 0 Å². The summed E-state index contributed by atoms with van der Waals surface area (Å²) in [4.78, 5) is 8.56. The fourth-order valence-corrected chi connectivity index (χ4v) is 4.13. The number of aromatic nitrogens is 2. The van der Waals surface area contributed by atoms with Gasteiger partial charge in [-0.2, -0.15) is 10.2 Å². The second-order valence-corrected chi connectivity index (χ2v) is 8.25. The van der Waals surface area contributed by atoms with E-state index in [2.05, 4.69) is 20.2 Å². The van der Waals surface area contributed by atoms with Gasteiger partial charge in [-0.15, -0.1) is 22.7 Å². The largest absolute Gasteiger partial charge is 0.508 e. The Morgan fingerprint density at radius 1 is 0.688 bits per heavy atom. The van der Waals surface area contributed by atoms with Crippen molar-refractivity contribution in [2.45, 2.75) is 12.8 Å². The van der Waals surface area contributed by atoms with Gasteiger partial charge in [0.05, 0.1) is 33.8 Å². The molecule has 2 heterocycles. The number of thiazole rings is 2. The first kappa shape index (κ1) is 21.5. The van der Waals surface area contributed by atoms with E-state index in [1.807, 2.05) is 10.8 Å². The Morgan fingerprint density at radius 3 is 1.47 bits per heavy atom. The van der Waals surface area contributed by atoms with Gasteiger partial charge >= 0.3 is 0 Å². The van der Waals surface area contributed by atoms with Gasteiger partial charge < -0.3 is 20.4 Å². The third kappa shape index (κ3) is 5.10. The molecule has 0 aliphatic carbocycles. The minimum Gasteiger partial charge on any atom is -0.508 e. The van der Waals surface area contributed by atoms with Crippen molar-refractivity contribution >= 4 is 34.1 Å². The van der Waals surface area contributed by atoms with E-state index in [1.54, 1.807) is 23.2 Å². The van der Waals surface area contributed by atoms with E-state index < -0.39 is 0 Å². The molecule has 0 radical (unpaired) electrons. The lowest BCUT2D eigenvalue weighted by Gasteiger charge is -2.09. The number of phenolic OH excluding ortho intramolecular Hbond substituents is 4. The van der Waals surface area contributed by atoms with Crippen LogP contribution in [0, 0.1) is 0 Å². The summed E-state index contributed by atoms with van der Waals surface area (Å²) < 4.78 is 0. The summed E-state index contributed by atoms with van der Waals surface area (Å²) in [5.41, 5.74) is 6.59. The molecule has 0 amide bonds. The van der Waals surface area contributed by atoms with Gasteiger partial charge in [0.15, 0.2) is 0 Å². The van der Waals surface area contributed by atoms with Crippen molar-refractivity contribution in [2.75, 3.05) is 0 Å². The molecule has 2 aromatic heterocycles. The predicted octanol–water partition coefficient (Wildman–Crippen LogP) is 4.10. The number of nitrogens with zero attached hydrogens (tertiary/aromatic N) is 4. The van der Waals surface area contributed by atoms with E-state index in [-0.39, 0.29) is 23.0 Å². The van der Waals surface area contributed by atoms with Gasteiger partial charge in [-0.05, 0) is 24.3 Å². The first-order valence-electron chi connectivity index (χ1n) is 9.42. The number of rotatable bonds is 7. The Labute approximate surface area is 191 Å². The molecule has 4 N–H and O–H groups in total. The molecule has 0 atom stereocenters. The second-order valence-electron chi connectivity index (χ2n) is 6.81. The van der Waals surface area contributed by atoms with Crippen molar-refractivity contribution in [3.63, 3.8) is 0 Å². The van der Waals surface area contributed by atoms with Crippen LogP contribution >= 0.6 is 22.7 Å². The van der Waals surface area contributed by atoms with E-state index in [0.29, 0.717) is 35.4 Å². The molecule has 8 nitrogen and oxygen atoms in total. The summed E-state index contributed by atoms with van der Waals surface area (Å²) >= 11 is 2.88. The molecule has 0 aliphatic rings. The molecule has 0 saturated carbocycles. The van der Waals surface area contributed by atoms with Crippen LogP contribution in [-0.4, -0.2) is 41.8 Å². The maximum Gasteiger partial charge on any atom is 0.128 e. The molecule has 0 unspecified atom stereocenters. The molecule has 10 heteroatoms. The average molecular weight is 467 g/mol. The highest BCUT2D eigenvalue weighted by Crippen LogP contribution is 2.27. The van der Waals surface area contributed by atoms with Crippen molar-refractivity contribution < 1.29 is 20.4 Å². The van der Waals surface area contributed by atoms with Crippen molar-refractivity contribution in [3.05, 3.63) is 80.7 Å². The summed E-state index contributed by atoms with van der Waals surface area (Å²) in [6.45, 7) is 0. The summed E-state index contributed by atoms with van der Waals surface area (Å²) in [6.07, 6.45) is 0.605. The summed E-state index contributed by atoms with van der Waals surface area (Å²) in [7, 11) is 0. The molecular weight excluding hydrogens is 448 g/mol. The maximum atomic E-state index is 10.4. The summed E-state index contributed by atoms with van der Waals surface area (Å²) in [6, 6.07) is 8.50. The Morgan fingerprint density at radius 2 is 1.12 bits per heavy atom. The van der Waals surface area contributed by atoms with Crippen LogP contribution in [-0.2, 0) is 12.8 Å². The van der Waals surface area contributed by atoms with Crippen molar-refractivity contribution in [1.82, 2.24) is 9.97 Å². The number of benzene rings is 2. The lowest BCUT2D eigenvalue weighted by atomic mass is 10.0. The molecular formula is C22H18N4O4S2. The highest BCUT2D eigenvalue weighted by Gasteiger charge is 2.15. The van der Waals surface area contributed by atoms with Crippen LogP contribution in [0.3, 0.4) is 0 Å². The quantitative estimate of drug-likeness (QED) is 0.240. The zero-order chi connectivity index (χ0) is 22.5. The van der Waals surface area contributed by atoms with Gasteiger partial charge in [-0.3, -0.25) is 0 Å². The Hall–Kier alpha value is -3.76. The van der Waals surface area contributed by atoms with Gasteiger partial charge in [0, 0.05) is 46.9 Å². The Bertz CT molecular complexity index is 1170. The molecule has 0 bridgehead atoms. The van der Waals surface area contributed by atoms with Crippen LogP contribution in [0.5, 0.6) is 23.0 Å². The minimum absolute atomic E-state index is 0.0685. The van der Waals surface area contributed by atoms with Gasteiger partial charge in [-0.1, -0.05) is 0 Å². The van der Waals surface area contributed by atoms with Crippen molar-refractivity contribution in [3.8, 4) is 23.0 Å². The van der Waals surface area contributed by atoms with E-state index in [9.17, 15) is 20.4 Å². The van der Waals surface area contributed by atoms with Crippen LogP contribution in [0.4, 0.5) is 0 Å². The molecule has 0 saturated heterocycles. The zero-order valence-electron chi connectivity index (χ0n) is 16.6. The van der Waals surface area contributed by atoms with Gasteiger partial charge in [-0.25, -0.2) is 9.97 Å². The van der Waals surface area contributed by atoms with Gasteiger partial charge in [0.25, 0.3) is 0 Å². The molecule has 162 valence electrons. The lowest BCUT2D eigenvalue weighted by Crippen LogP contribution is -2.09. The SMILES string of the molecule is Oc1ccc(C(Cc2cscn2)=NN=C(Cc2cscn2)c2ccc(O)cc2O)c(O)c1. The lowest BCUT2D eigenvalue weighted by molar-refractivity contribution is 0.448. The maximum absolute atomic E-state index is 10.4. The third-order valence-electron chi connectivity index (χ3n) is 4.54. The summed E-state index contributed by atoms with van der Waals surface area (Å²) in [5, 5.41) is 52.6. The molecule has 0 fully saturated rings. The fourth-order valence-electron chi connectivity index (χ4n) is 3.01. The van der Waals surface area contributed by atoms with E-state index >= 15 is 0 Å². The summed E-state index contributed by atoms with van der Waals surface area (Å²) in [5.74, 6) is -0.410. The van der Waals surface area contributed by atoms with Crippen LogP contribution in [0.1, 0.15) is 22.5 Å². The van der Waals surface area contributed by atoms with E-state index in [4.69, 9.17) is 0 Å². The van der Waals surface area contributed by atoms with E-state index in [1.165, 1.54) is 46.9 Å². The standard InChI is InChI=1S/C22H18N4O4S2/c27-15-1-3-17(21(29)7-15)19(5-13-9-31-11-23-13)25-26-20(6-14-10-32-12-24-14)18-4-2-16(28)8-22(18)30/h1-4,7-12,27-30H,5-6H2. The predicted molar refractivity (Wildman–Crippen MR) is 124 cm³/mol. The van der Waals surface area contributed by atoms with Gasteiger partial charge in [0.2, 0.25) is 0 Å². The zero-order valence-corrected chi connectivity index (χ0v) is 18.2. The van der Waals surface area contributed by atoms with Crippen LogP contribution < -0.4 is 0 Å². The number of aromatic hydroxyl groups is 4. The molecule has 0 spiro atoms. The monoisotopic (exact) mass is 466 g/mol. The highest BCUT2D eigenvalue weighted by molar-refractivity contribution is 7.07. The topological polar surface area (TPSA) is 131 Å². The number of phenols is 4. The number of hydrogen-bond acceptors (Lipinski definition) is 10. The number of hydrogen-bond donors (Lipinski definition) is 4. The Kier molecular flexibility index (Phi) is 6.43. The van der Waals surface area contributed by atoms with Crippen molar-refractivity contribution in [1.29, 1.82) is 0 Å². The van der Waals surface area contributed by atoms with Crippen LogP contribution in [0.15, 0.2) is 68.4 Å². The van der Waals surface area contributed by atoms with Crippen LogP contribution in [0.2, 0.25) is 0 Å². The van der Waals surface area contributed by atoms with E-state index in [0.717, 1.165) is 11.4 Å². The van der Waals surface area contributed by atoms with Gasteiger partial charge in [0.1, 0.15) is 23.0 Å². The average Bonchev–Trinajstić information content (AvgIpc) is 3.45.